The van der Waals surface area contributed by atoms with Crippen LogP contribution in [0.1, 0.15) is 22.8 Å². The molecule has 2 aromatic rings. The van der Waals surface area contributed by atoms with Gasteiger partial charge in [0.1, 0.15) is 13.2 Å². The van der Waals surface area contributed by atoms with Crippen LogP contribution in [0.4, 0.5) is 0 Å². The van der Waals surface area contributed by atoms with Gasteiger partial charge in [0.15, 0.2) is 11.5 Å². The monoisotopic (exact) mass is 275 g/mol. The molecule has 0 amide bonds. The highest BCUT2D eigenvalue weighted by Gasteiger charge is 2.18. The smallest absolute Gasteiger partial charge is 0.161 e. The summed E-state index contributed by atoms with van der Waals surface area (Å²) in [7, 11) is 0. The number of hydrogen-bond acceptors (Lipinski definition) is 4. The molecule has 0 bridgehead atoms. The van der Waals surface area contributed by atoms with Gasteiger partial charge in [-0.3, -0.25) is 0 Å². The zero-order valence-electron chi connectivity index (χ0n) is 10.7. The van der Waals surface area contributed by atoms with Crippen LogP contribution in [0, 0.1) is 0 Å². The molecule has 1 unspecified atom stereocenters. The van der Waals surface area contributed by atoms with Gasteiger partial charge in [-0.25, -0.2) is 0 Å². The predicted molar refractivity (Wildman–Crippen MR) is 77.3 cm³/mol. The molecule has 3 nitrogen and oxygen atoms in total. The third kappa shape index (κ3) is 2.60. The summed E-state index contributed by atoms with van der Waals surface area (Å²) in [5.74, 6) is 2.04. The number of nitrogens with two attached hydrogens (primary N) is 1. The van der Waals surface area contributed by atoms with E-state index in [-0.39, 0.29) is 0 Å². The minimum Gasteiger partial charge on any atom is -0.486 e. The van der Waals surface area contributed by atoms with E-state index in [1.807, 2.05) is 6.07 Å². The van der Waals surface area contributed by atoms with Crippen LogP contribution in [0.5, 0.6) is 11.5 Å². The van der Waals surface area contributed by atoms with E-state index >= 15 is 0 Å². The van der Waals surface area contributed by atoms with E-state index in [0.717, 1.165) is 17.9 Å². The Hall–Kier alpha value is -1.52. The van der Waals surface area contributed by atoms with Gasteiger partial charge in [-0.2, -0.15) is 0 Å². The number of ether oxygens (including phenoxy) is 2. The SMILES string of the molecule is NCCC(c1ccc2c(c1)OCCO2)c1cccs1. The summed E-state index contributed by atoms with van der Waals surface area (Å²) in [6.07, 6.45) is 0.945. The van der Waals surface area contributed by atoms with Crippen LogP contribution in [-0.2, 0) is 0 Å². The normalized spacial score (nSPS) is 15.2. The number of rotatable bonds is 4. The summed E-state index contributed by atoms with van der Waals surface area (Å²) in [5.41, 5.74) is 7.01. The molecular formula is C15H17NO2S. The van der Waals surface area contributed by atoms with Crippen LogP contribution in [0.25, 0.3) is 0 Å². The molecule has 1 aromatic heterocycles. The standard InChI is InChI=1S/C15H17NO2S/c16-6-5-12(15-2-1-9-19-15)11-3-4-13-14(10-11)18-8-7-17-13/h1-4,9-10,12H,5-8,16H2. The zero-order chi connectivity index (χ0) is 13.1. The van der Waals surface area contributed by atoms with E-state index in [1.54, 1.807) is 11.3 Å². The molecule has 4 heteroatoms. The number of fused-ring (bicyclic) bond motifs is 1. The zero-order valence-corrected chi connectivity index (χ0v) is 11.5. The van der Waals surface area contributed by atoms with Crippen LogP contribution in [-0.4, -0.2) is 19.8 Å². The van der Waals surface area contributed by atoms with Gasteiger partial charge >= 0.3 is 0 Å². The molecule has 100 valence electrons. The van der Waals surface area contributed by atoms with E-state index in [0.29, 0.717) is 25.7 Å². The first kappa shape index (κ1) is 12.5. The summed E-state index contributed by atoms with van der Waals surface area (Å²) in [4.78, 5) is 1.35. The second-order valence-electron chi connectivity index (χ2n) is 4.55. The Morgan fingerprint density at radius 2 is 2.00 bits per heavy atom. The molecule has 0 spiro atoms. The third-order valence-electron chi connectivity index (χ3n) is 3.31. The van der Waals surface area contributed by atoms with Gasteiger partial charge < -0.3 is 15.2 Å². The lowest BCUT2D eigenvalue weighted by molar-refractivity contribution is 0.171. The molecule has 1 aliphatic heterocycles. The van der Waals surface area contributed by atoms with E-state index < -0.39 is 0 Å². The Kier molecular flexibility index (Phi) is 3.71. The fourth-order valence-corrected chi connectivity index (χ4v) is 3.30. The van der Waals surface area contributed by atoms with Gasteiger partial charge in [0.05, 0.1) is 0 Å². The van der Waals surface area contributed by atoms with Crippen molar-refractivity contribution in [2.45, 2.75) is 12.3 Å². The molecule has 1 aliphatic rings. The quantitative estimate of drug-likeness (QED) is 0.933. The van der Waals surface area contributed by atoms with Crippen molar-refractivity contribution >= 4 is 11.3 Å². The molecule has 0 aliphatic carbocycles. The first-order chi connectivity index (χ1) is 9.38. The highest BCUT2D eigenvalue weighted by Crippen LogP contribution is 2.37. The summed E-state index contributed by atoms with van der Waals surface area (Å²) in [6, 6.07) is 10.5. The van der Waals surface area contributed by atoms with E-state index in [1.165, 1.54) is 10.4 Å². The fourth-order valence-electron chi connectivity index (χ4n) is 2.41. The van der Waals surface area contributed by atoms with Crippen molar-refractivity contribution in [3.63, 3.8) is 0 Å². The Balaban J connectivity index is 1.94. The lowest BCUT2D eigenvalue weighted by Crippen LogP contribution is -2.16. The molecule has 0 saturated carbocycles. The minimum atomic E-state index is 0.348. The Bertz CT molecular complexity index is 539. The average molecular weight is 275 g/mol. The van der Waals surface area contributed by atoms with Crippen LogP contribution in [0.3, 0.4) is 0 Å². The molecule has 1 aromatic carbocycles. The van der Waals surface area contributed by atoms with Crippen molar-refractivity contribution in [1.29, 1.82) is 0 Å². The van der Waals surface area contributed by atoms with Crippen molar-refractivity contribution in [2.75, 3.05) is 19.8 Å². The second-order valence-corrected chi connectivity index (χ2v) is 5.53. The molecular weight excluding hydrogens is 258 g/mol. The maximum atomic E-state index is 5.76. The first-order valence-electron chi connectivity index (χ1n) is 6.51. The summed E-state index contributed by atoms with van der Waals surface area (Å²) >= 11 is 1.78. The van der Waals surface area contributed by atoms with Crippen molar-refractivity contribution in [2.24, 2.45) is 5.73 Å². The number of thiophene rings is 1. The lowest BCUT2D eigenvalue weighted by Gasteiger charge is -2.21. The Morgan fingerprint density at radius 1 is 1.16 bits per heavy atom. The average Bonchev–Trinajstić information content (AvgIpc) is 2.98. The van der Waals surface area contributed by atoms with Crippen LogP contribution < -0.4 is 15.2 Å². The number of benzene rings is 1. The molecule has 19 heavy (non-hydrogen) atoms. The van der Waals surface area contributed by atoms with Crippen molar-refractivity contribution in [1.82, 2.24) is 0 Å². The Labute approximate surface area is 117 Å². The molecule has 1 atom stereocenters. The van der Waals surface area contributed by atoms with E-state index in [2.05, 4.69) is 29.6 Å². The first-order valence-corrected chi connectivity index (χ1v) is 7.39. The maximum Gasteiger partial charge on any atom is 0.161 e. The Morgan fingerprint density at radius 3 is 2.74 bits per heavy atom. The molecule has 3 rings (SSSR count). The largest absolute Gasteiger partial charge is 0.486 e. The molecule has 0 radical (unpaired) electrons. The van der Waals surface area contributed by atoms with Crippen molar-refractivity contribution in [3.8, 4) is 11.5 Å². The van der Waals surface area contributed by atoms with E-state index in [4.69, 9.17) is 15.2 Å². The summed E-state index contributed by atoms with van der Waals surface area (Å²) < 4.78 is 11.2. The summed E-state index contributed by atoms with van der Waals surface area (Å²) in [6.45, 7) is 1.93. The van der Waals surface area contributed by atoms with Crippen LogP contribution >= 0.6 is 11.3 Å². The molecule has 0 fully saturated rings. The summed E-state index contributed by atoms with van der Waals surface area (Å²) in [5, 5.41) is 2.11. The van der Waals surface area contributed by atoms with Gasteiger partial charge in [-0.05, 0) is 42.1 Å². The molecule has 2 heterocycles. The molecule has 0 saturated heterocycles. The topological polar surface area (TPSA) is 44.5 Å². The van der Waals surface area contributed by atoms with Gasteiger partial charge in [0.25, 0.3) is 0 Å². The van der Waals surface area contributed by atoms with Crippen LogP contribution in [0.15, 0.2) is 35.7 Å². The molecule has 2 N–H and O–H groups in total. The highest BCUT2D eigenvalue weighted by molar-refractivity contribution is 7.10. The maximum absolute atomic E-state index is 5.76. The van der Waals surface area contributed by atoms with Gasteiger partial charge in [-0.15, -0.1) is 11.3 Å². The minimum absolute atomic E-state index is 0.348. The predicted octanol–water partition coefficient (Wildman–Crippen LogP) is 3.00. The van der Waals surface area contributed by atoms with Gasteiger partial charge in [-0.1, -0.05) is 12.1 Å². The number of hydrogen-bond donors (Lipinski definition) is 1. The van der Waals surface area contributed by atoms with Crippen molar-refractivity contribution < 1.29 is 9.47 Å². The fraction of sp³-hybridized carbons (Fsp3) is 0.333. The van der Waals surface area contributed by atoms with Gasteiger partial charge in [0.2, 0.25) is 0 Å². The van der Waals surface area contributed by atoms with Crippen LogP contribution in [0.2, 0.25) is 0 Å². The second kappa shape index (κ2) is 5.63. The third-order valence-corrected chi connectivity index (χ3v) is 4.30. The van der Waals surface area contributed by atoms with E-state index in [9.17, 15) is 0 Å². The lowest BCUT2D eigenvalue weighted by atomic mass is 9.94. The van der Waals surface area contributed by atoms with Crippen molar-refractivity contribution in [3.05, 3.63) is 46.2 Å². The van der Waals surface area contributed by atoms with Gasteiger partial charge in [0, 0.05) is 10.8 Å². The highest BCUT2D eigenvalue weighted by atomic mass is 32.1.